The van der Waals surface area contributed by atoms with Crippen LogP contribution in [0, 0.1) is 20.8 Å². The van der Waals surface area contributed by atoms with Crippen LogP contribution in [0.5, 0.6) is 0 Å². The average molecular weight is 419 g/mol. The van der Waals surface area contributed by atoms with E-state index in [1.165, 1.54) is 6.07 Å². The highest BCUT2D eigenvalue weighted by Crippen LogP contribution is 2.34. The zero-order valence-electron chi connectivity index (χ0n) is 16.4. The minimum atomic E-state index is -4.67. The third-order valence-corrected chi connectivity index (χ3v) is 5.51. The second-order valence-electron chi connectivity index (χ2n) is 6.89. The highest BCUT2D eigenvalue weighted by atomic mass is 32.2. The fourth-order valence-electron chi connectivity index (χ4n) is 3.09. The molecule has 1 amide bonds. The number of nitrogens with one attached hydrogen (secondary N) is 1. The van der Waals surface area contributed by atoms with Crippen molar-refractivity contribution in [1.29, 1.82) is 0 Å². The summed E-state index contributed by atoms with van der Waals surface area (Å²) >= 11 is 0.982. The molecule has 0 aliphatic carbocycles. The van der Waals surface area contributed by atoms with Crippen LogP contribution in [0.1, 0.15) is 29.4 Å². The van der Waals surface area contributed by atoms with Gasteiger partial charge in [0.15, 0.2) is 0 Å². The van der Waals surface area contributed by atoms with Crippen LogP contribution >= 0.6 is 11.8 Å². The van der Waals surface area contributed by atoms with Crippen LogP contribution in [0.25, 0.3) is 10.9 Å². The molecular weight excluding hydrogens is 399 g/mol. The first-order chi connectivity index (χ1) is 13.6. The summed E-state index contributed by atoms with van der Waals surface area (Å²) in [6.45, 7) is 7.42. The van der Waals surface area contributed by atoms with E-state index < -0.39 is 17.3 Å². The Bertz CT molecular complexity index is 1060. The first-order valence-electron chi connectivity index (χ1n) is 8.95. The number of carbonyl (C=O) groups is 1. The van der Waals surface area contributed by atoms with E-state index in [4.69, 9.17) is 0 Å². The van der Waals surface area contributed by atoms with Crippen LogP contribution in [0.2, 0.25) is 0 Å². The number of benzene rings is 2. The molecule has 0 saturated heterocycles. The van der Waals surface area contributed by atoms with Crippen LogP contribution in [0.4, 0.5) is 18.9 Å². The molecule has 8 heteroatoms. The Morgan fingerprint density at radius 2 is 1.69 bits per heavy atom. The number of alkyl halides is 3. The normalized spacial score (nSPS) is 12.8. The highest BCUT2D eigenvalue weighted by molar-refractivity contribution is 8.00. The van der Waals surface area contributed by atoms with Gasteiger partial charge in [0.2, 0.25) is 11.7 Å². The van der Waals surface area contributed by atoms with Gasteiger partial charge in [-0.1, -0.05) is 47.7 Å². The van der Waals surface area contributed by atoms with Crippen molar-refractivity contribution in [1.82, 2.24) is 9.97 Å². The van der Waals surface area contributed by atoms with Gasteiger partial charge >= 0.3 is 6.18 Å². The molecule has 0 bridgehead atoms. The summed E-state index contributed by atoms with van der Waals surface area (Å²) in [7, 11) is 0. The van der Waals surface area contributed by atoms with E-state index in [2.05, 4.69) is 15.3 Å². The maximum Gasteiger partial charge on any atom is 0.451 e. The zero-order valence-corrected chi connectivity index (χ0v) is 17.2. The molecule has 0 aliphatic rings. The summed E-state index contributed by atoms with van der Waals surface area (Å²) in [6, 6.07) is 10.4. The number of fused-ring (bicyclic) bond motifs is 1. The van der Waals surface area contributed by atoms with Crippen molar-refractivity contribution in [2.24, 2.45) is 0 Å². The fourth-order valence-corrected chi connectivity index (χ4v) is 4.03. The number of hydrogen-bond acceptors (Lipinski definition) is 4. The van der Waals surface area contributed by atoms with Crippen LogP contribution < -0.4 is 5.32 Å². The lowest BCUT2D eigenvalue weighted by molar-refractivity contribution is -0.145. The predicted octanol–water partition coefficient (Wildman–Crippen LogP) is 5.69. The van der Waals surface area contributed by atoms with E-state index in [0.717, 1.165) is 34.1 Å². The summed E-state index contributed by atoms with van der Waals surface area (Å²) < 4.78 is 39.6. The van der Waals surface area contributed by atoms with Gasteiger partial charge in [-0.3, -0.25) is 4.79 Å². The Kier molecular flexibility index (Phi) is 5.84. The molecule has 1 aromatic heterocycles. The summed E-state index contributed by atoms with van der Waals surface area (Å²) in [5, 5.41) is 2.84. The minimum Gasteiger partial charge on any atom is -0.325 e. The van der Waals surface area contributed by atoms with Crippen LogP contribution in [0.15, 0.2) is 41.4 Å². The van der Waals surface area contributed by atoms with Crippen molar-refractivity contribution in [2.45, 2.75) is 44.1 Å². The van der Waals surface area contributed by atoms with E-state index in [0.29, 0.717) is 5.39 Å². The molecule has 0 aliphatic heterocycles. The number of amides is 1. The lowest BCUT2D eigenvalue weighted by Crippen LogP contribution is -2.24. The average Bonchev–Trinajstić information content (AvgIpc) is 2.63. The molecule has 1 heterocycles. The van der Waals surface area contributed by atoms with Crippen LogP contribution in [-0.4, -0.2) is 21.1 Å². The van der Waals surface area contributed by atoms with Gasteiger partial charge in [0.25, 0.3) is 0 Å². The Balaban J connectivity index is 1.89. The molecule has 0 fully saturated rings. The van der Waals surface area contributed by atoms with E-state index in [9.17, 15) is 18.0 Å². The summed E-state index contributed by atoms with van der Waals surface area (Å²) in [5.74, 6) is -1.52. The molecule has 152 valence electrons. The Hall–Kier alpha value is -2.61. The predicted molar refractivity (Wildman–Crippen MR) is 109 cm³/mol. The van der Waals surface area contributed by atoms with Crippen molar-refractivity contribution in [2.75, 3.05) is 5.32 Å². The topological polar surface area (TPSA) is 54.9 Å². The quantitative estimate of drug-likeness (QED) is 0.436. The van der Waals surface area contributed by atoms with Gasteiger partial charge in [0.1, 0.15) is 5.03 Å². The molecule has 3 rings (SSSR count). The van der Waals surface area contributed by atoms with Crippen molar-refractivity contribution < 1.29 is 18.0 Å². The van der Waals surface area contributed by atoms with E-state index in [-0.39, 0.29) is 16.4 Å². The Labute approximate surface area is 170 Å². The number of anilines is 1. The van der Waals surface area contributed by atoms with Crippen molar-refractivity contribution in [3.05, 3.63) is 58.9 Å². The van der Waals surface area contributed by atoms with Gasteiger partial charge in [-0.05, 0) is 44.9 Å². The summed E-state index contributed by atoms with van der Waals surface area (Å²) in [4.78, 5) is 20.0. The number of aromatic nitrogens is 2. The summed E-state index contributed by atoms with van der Waals surface area (Å²) in [6.07, 6.45) is -4.67. The lowest BCUT2D eigenvalue weighted by atomic mass is 10.1. The van der Waals surface area contributed by atoms with Gasteiger partial charge in [-0.25, -0.2) is 9.97 Å². The van der Waals surface area contributed by atoms with Crippen molar-refractivity contribution in [3.8, 4) is 0 Å². The molecule has 0 radical (unpaired) electrons. The summed E-state index contributed by atoms with van der Waals surface area (Å²) in [5.41, 5.74) is 3.86. The van der Waals surface area contributed by atoms with Crippen LogP contribution in [-0.2, 0) is 11.0 Å². The maximum absolute atomic E-state index is 13.2. The Morgan fingerprint density at radius 3 is 2.31 bits per heavy atom. The lowest BCUT2D eigenvalue weighted by Gasteiger charge is -2.17. The van der Waals surface area contributed by atoms with E-state index in [1.807, 2.05) is 32.9 Å². The van der Waals surface area contributed by atoms with Gasteiger partial charge in [-0.15, -0.1) is 0 Å². The molecular formula is C21H20F3N3OS. The third kappa shape index (κ3) is 4.70. The largest absolute Gasteiger partial charge is 0.451 e. The SMILES string of the molecule is Cc1cc(C)c(NC(=O)[C@H](C)Sc2nc(C(F)(F)F)nc3ccccc23)c(C)c1. The van der Waals surface area contributed by atoms with Crippen molar-refractivity contribution >= 4 is 34.3 Å². The molecule has 4 nitrogen and oxygen atoms in total. The number of para-hydroxylation sites is 1. The minimum absolute atomic E-state index is 0.128. The van der Waals surface area contributed by atoms with Crippen molar-refractivity contribution in [3.63, 3.8) is 0 Å². The third-order valence-electron chi connectivity index (χ3n) is 4.40. The number of hydrogen-bond donors (Lipinski definition) is 1. The molecule has 0 saturated carbocycles. The number of nitrogens with zero attached hydrogens (tertiary/aromatic N) is 2. The van der Waals surface area contributed by atoms with Gasteiger partial charge in [0.05, 0.1) is 10.8 Å². The highest BCUT2D eigenvalue weighted by Gasteiger charge is 2.36. The molecule has 0 unspecified atom stereocenters. The van der Waals surface area contributed by atoms with Gasteiger partial charge in [-0.2, -0.15) is 13.2 Å². The maximum atomic E-state index is 13.2. The number of halogens is 3. The smallest absolute Gasteiger partial charge is 0.325 e. The standard InChI is InChI=1S/C21H20F3N3OS/c1-11-9-12(2)17(13(3)10-11)26-18(28)14(4)29-19-15-7-5-6-8-16(15)25-20(27-19)21(22,23)24/h5-10,14H,1-4H3,(H,26,28)/t14-/m0/s1. The zero-order chi connectivity index (χ0) is 21.3. The first kappa shape index (κ1) is 21.1. The number of aryl methyl sites for hydroxylation is 3. The van der Waals surface area contributed by atoms with E-state index >= 15 is 0 Å². The fraction of sp³-hybridized carbons (Fsp3) is 0.286. The number of carbonyl (C=O) groups excluding carboxylic acids is 1. The number of rotatable bonds is 4. The molecule has 3 aromatic rings. The Morgan fingerprint density at radius 1 is 1.07 bits per heavy atom. The molecule has 0 spiro atoms. The van der Waals surface area contributed by atoms with Gasteiger partial charge < -0.3 is 5.32 Å². The number of thioether (sulfide) groups is 1. The van der Waals surface area contributed by atoms with Gasteiger partial charge in [0, 0.05) is 11.1 Å². The molecule has 2 aromatic carbocycles. The second-order valence-corrected chi connectivity index (χ2v) is 8.22. The monoisotopic (exact) mass is 419 g/mol. The second kappa shape index (κ2) is 8.02. The first-order valence-corrected chi connectivity index (χ1v) is 9.83. The molecule has 29 heavy (non-hydrogen) atoms. The van der Waals surface area contributed by atoms with E-state index in [1.54, 1.807) is 25.1 Å². The molecule has 1 N–H and O–H groups in total. The van der Waals surface area contributed by atoms with Crippen LogP contribution in [0.3, 0.4) is 0 Å². The molecule has 1 atom stereocenters.